The highest BCUT2D eigenvalue weighted by Crippen LogP contribution is 2.21. The Hall–Kier alpha value is -2.77. The van der Waals surface area contributed by atoms with Gasteiger partial charge in [0.05, 0.1) is 18.2 Å². The number of piperazine rings is 1. The van der Waals surface area contributed by atoms with E-state index in [0.717, 1.165) is 62.3 Å². The van der Waals surface area contributed by atoms with Gasteiger partial charge < -0.3 is 25.0 Å². The Morgan fingerprint density at radius 2 is 1.97 bits per heavy atom. The maximum Gasteiger partial charge on any atom is 0.335 e. The molecule has 31 heavy (non-hydrogen) atoms. The average molecular weight is 443 g/mol. The number of aliphatic imine (C=N–C) groups is 1. The van der Waals surface area contributed by atoms with Crippen molar-refractivity contribution in [1.82, 2.24) is 4.90 Å². The van der Waals surface area contributed by atoms with Crippen molar-refractivity contribution in [2.45, 2.75) is 18.9 Å². The highest BCUT2D eigenvalue weighted by Gasteiger charge is 2.22. The van der Waals surface area contributed by atoms with Gasteiger partial charge in [0.25, 0.3) is 0 Å². The van der Waals surface area contributed by atoms with E-state index in [-0.39, 0.29) is 11.7 Å². The number of carboxylic acids is 1. The molecule has 0 saturated carbocycles. The molecule has 0 radical (unpaired) electrons. The number of anilines is 2. The van der Waals surface area contributed by atoms with E-state index in [1.807, 2.05) is 24.3 Å². The summed E-state index contributed by atoms with van der Waals surface area (Å²) in [5, 5.41) is 13.4. The smallest absolute Gasteiger partial charge is 0.335 e. The topological polar surface area (TPSA) is 77.4 Å². The van der Waals surface area contributed by atoms with E-state index < -0.39 is 5.97 Å². The Bertz CT molecular complexity index is 938. The number of rotatable bonds is 5. The second-order valence-corrected chi connectivity index (χ2v) is 8.20. The summed E-state index contributed by atoms with van der Waals surface area (Å²) >= 11 is 6.15. The lowest BCUT2D eigenvalue weighted by Crippen LogP contribution is -2.51. The molecule has 0 spiro atoms. The SMILES string of the molecule is O=C(O)c1cccc(NC(=NCC2CCCO2)N2CCN(c3cccc(Cl)c3)CC2)c1. The van der Waals surface area contributed by atoms with Crippen LogP contribution in [-0.2, 0) is 4.74 Å². The van der Waals surface area contributed by atoms with Crippen molar-refractivity contribution in [2.24, 2.45) is 4.99 Å². The van der Waals surface area contributed by atoms with Crippen LogP contribution in [0, 0.1) is 0 Å². The molecule has 2 heterocycles. The molecule has 2 aromatic carbocycles. The first-order valence-corrected chi connectivity index (χ1v) is 11.0. The lowest BCUT2D eigenvalue weighted by atomic mass is 10.2. The van der Waals surface area contributed by atoms with Gasteiger partial charge in [-0.2, -0.15) is 0 Å². The Balaban J connectivity index is 1.47. The standard InChI is InChI=1S/C23H27ClN4O3/c24-18-5-2-7-20(15-18)27-9-11-28(12-10-27)23(25-16-21-8-3-13-31-21)26-19-6-1-4-17(14-19)22(29)30/h1-2,4-7,14-15,21H,3,8-13,16H2,(H,25,26)(H,29,30). The fourth-order valence-corrected chi connectivity index (χ4v) is 4.09. The van der Waals surface area contributed by atoms with Crippen LogP contribution >= 0.6 is 11.6 Å². The Morgan fingerprint density at radius 3 is 2.68 bits per heavy atom. The minimum atomic E-state index is -0.948. The predicted molar refractivity (Wildman–Crippen MR) is 124 cm³/mol. The number of nitrogens with one attached hydrogen (secondary N) is 1. The molecule has 0 aromatic heterocycles. The fourth-order valence-electron chi connectivity index (χ4n) is 3.90. The van der Waals surface area contributed by atoms with Crippen LogP contribution in [0.5, 0.6) is 0 Å². The van der Waals surface area contributed by atoms with Gasteiger partial charge in [0.15, 0.2) is 5.96 Å². The summed E-state index contributed by atoms with van der Waals surface area (Å²) in [6.07, 6.45) is 2.24. The molecule has 8 heteroatoms. The largest absolute Gasteiger partial charge is 0.478 e. The monoisotopic (exact) mass is 442 g/mol. The van der Waals surface area contributed by atoms with Crippen LogP contribution < -0.4 is 10.2 Å². The first kappa shape index (κ1) is 21.5. The van der Waals surface area contributed by atoms with Crippen molar-refractivity contribution in [3.8, 4) is 0 Å². The Morgan fingerprint density at radius 1 is 1.16 bits per heavy atom. The lowest BCUT2D eigenvalue weighted by molar-refractivity contribution is 0.0697. The maximum absolute atomic E-state index is 11.3. The molecule has 7 nitrogen and oxygen atoms in total. The first-order chi connectivity index (χ1) is 15.1. The van der Waals surface area contributed by atoms with Crippen LogP contribution in [0.3, 0.4) is 0 Å². The number of hydrogen-bond donors (Lipinski definition) is 2. The second-order valence-electron chi connectivity index (χ2n) is 7.76. The summed E-state index contributed by atoms with van der Waals surface area (Å²) in [7, 11) is 0. The van der Waals surface area contributed by atoms with Gasteiger partial charge >= 0.3 is 5.97 Å². The van der Waals surface area contributed by atoms with Gasteiger partial charge in [0.1, 0.15) is 0 Å². The van der Waals surface area contributed by atoms with Crippen molar-refractivity contribution >= 4 is 34.9 Å². The zero-order chi connectivity index (χ0) is 21.6. The fraction of sp³-hybridized carbons (Fsp3) is 0.391. The van der Waals surface area contributed by atoms with Gasteiger partial charge in [-0.05, 0) is 49.2 Å². The van der Waals surface area contributed by atoms with Crippen LogP contribution in [0.4, 0.5) is 11.4 Å². The Kier molecular flexibility index (Phi) is 6.94. The van der Waals surface area contributed by atoms with Crippen LogP contribution in [0.2, 0.25) is 5.02 Å². The summed E-state index contributed by atoms with van der Waals surface area (Å²) in [6.45, 7) is 4.66. The molecule has 1 unspecified atom stereocenters. The van der Waals surface area contributed by atoms with Gasteiger partial charge in [0, 0.05) is 49.2 Å². The number of aromatic carboxylic acids is 1. The zero-order valence-electron chi connectivity index (χ0n) is 17.3. The molecule has 2 fully saturated rings. The van der Waals surface area contributed by atoms with E-state index in [1.165, 1.54) is 0 Å². The third-order valence-corrected chi connectivity index (χ3v) is 5.82. The van der Waals surface area contributed by atoms with Crippen LogP contribution in [0.25, 0.3) is 0 Å². The number of benzene rings is 2. The minimum absolute atomic E-state index is 0.148. The summed E-state index contributed by atoms with van der Waals surface area (Å²) in [5.41, 5.74) is 2.07. The van der Waals surface area contributed by atoms with E-state index in [0.29, 0.717) is 12.2 Å². The van der Waals surface area contributed by atoms with Crippen molar-refractivity contribution in [1.29, 1.82) is 0 Å². The van der Waals surface area contributed by atoms with Crippen molar-refractivity contribution in [2.75, 3.05) is 49.5 Å². The van der Waals surface area contributed by atoms with Gasteiger partial charge in [-0.25, -0.2) is 4.79 Å². The highest BCUT2D eigenvalue weighted by molar-refractivity contribution is 6.30. The second kappa shape index (κ2) is 10.0. The molecule has 2 aliphatic rings. The number of carboxylic acid groups (broad SMARTS) is 1. The van der Waals surface area contributed by atoms with E-state index in [2.05, 4.69) is 21.2 Å². The highest BCUT2D eigenvalue weighted by atomic mass is 35.5. The summed E-state index contributed by atoms with van der Waals surface area (Å²) in [5.74, 6) is -0.194. The molecule has 0 amide bonds. The van der Waals surface area contributed by atoms with E-state index in [4.69, 9.17) is 21.3 Å². The minimum Gasteiger partial charge on any atom is -0.478 e. The molecule has 2 saturated heterocycles. The van der Waals surface area contributed by atoms with Gasteiger partial charge in [-0.3, -0.25) is 4.99 Å². The van der Waals surface area contributed by atoms with Crippen molar-refractivity contribution in [3.63, 3.8) is 0 Å². The number of halogens is 1. The maximum atomic E-state index is 11.3. The predicted octanol–water partition coefficient (Wildman–Crippen LogP) is 3.81. The lowest BCUT2D eigenvalue weighted by Gasteiger charge is -2.38. The Labute approximate surface area is 187 Å². The molecule has 1 atom stereocenters. The number of guanidine groups is 1. The number of nitrogens with zero attached hydrogens (tertiary/aromatic N) is 3. The van der Waals surface area contributed by atoms with Crippen molar-refractivity contribution in [3.05, 3.63) is 59.1 Å². The first-order valence-electron chi connectivity index (χ1n) is 10.6. The molecule has 164 valence electrons. The molecule has 0 aliphatic carbocycles. The molecule has 0 bridgehead atoms. The number of hydrogen-bond acceptors (Lipinski definition) is 4. The number of ether oxygens (including phenoxy) is 1. The summed E-state index contributed by atoms with van der Waals surface area (Å²) in [6, 6.07) is 14.7. The van der Waals surface area contributed by atoms with Gasteiger partial charge in [-0.15, -0.1) is 0 Å². The third-order valence-electron chi connectivity index (χ3n) is 5.59. The van der Waals surface area contributed by atoms with E-state index in [1.54, 1.807) is 18.2 Å². The van der Waals surface area contributed by atoms with E-state index >= 15 is 0 Å². The molecular weight excluding hydrogens is 416 g/mol. The molecule has 4 rings (SSSR count). The summed E-state index contributed by atoms with van der Waals surface area (Å²) in [4.78, 5) is 20.7. The third kappa shape index (κ3) is 5.68. The van der Waals surface area contributed by atoms with Gasteiger partial charge in [0.2, 0.25) is 0 Å². The average Bonchev–Trinajstić information content (AvgIpc) is 3.31. The van der Waals surface area contributed by atoms with E-state index in [9.17, 15) is 9.90 Å². The van der Waals surface area contributed by atoms with Crippen LogP contribution in [-0.4, -0.2) is 67.4 Å². The van der Waals surface area contributed by atoms with Crippen molar-refractivity contribution < 1.29 is 14.6 Å². The molecular formula is C23H27ClN4O3. The quantitative estimate of drug-likeness (QED) is 0.541. The van der Waals surface area contributed by atoms with Crippen LogP contribution in [0.1, 0.15) is 23.2 Å². The number of carbonyl (C=O) groups is 1. The van der Waals surface area contributed by atoms with Gasteiger partial charge in [-0.1, -0.05) is 23.7 Å². The summed E-state index contributed by atoms with van der Waals surface area (Å²) < 4.78 is 5.73. The zero-order valence-corrected chi connectivity index (χ0v) is 18.1. The normalized spacial score (nSPS) is 19.5. The van der Waals surface area contributed by atoms with Crippen LogP contribution in [0.15, 0.2) is 53.5 Å². The molecule has 2 N–H and O–H groups in total. The molecule has 2 aromatic rings. The molecule has 2 aliphatic heterocycles.